The molecule has 0 radical (unpaired) electrons. The SMILES string of the molecule is Cn1c(-c2ccc(C(F)(F)F)cc2)nc2c1CN(Cc1ccccc1C(F)(F)F)CC2. The number of rotatable bonds is 3. The van der Waals surface area contributed by atoms with Crippen LogP contribution in [0.2, 0.25) is 0 Å². The Labute approximate surface area is 174 Å². The van der Waals surface area contributed by atoms with Crippen LogP contribution in [-0.4, -0.2) is 21.0 Å². The van der Waals surface area contributed by atoms with E-state index in [1.165, 1.54) is 24.3 Å². The average Bonchev–Trinajstić information content (AvgIpc) is 3.03. The Morgan fingerprint density at radius 2 is 1.58 bits per heavy atom. The molecular formula is C22H19F6N3. The van der Waals surface area contributed by atoms with Gasteiger partial charge in [0, 0.05) is 38.7 Å². The first kappa shape index (κ1) is 21.4. The molecule has 0 saturated carbocycles. The zero-order valence-electron chi connectivity index (χ0n) is 16.6. The van der Waals surface area contributed by atoms with Crippen LogP contribution in [0, 0.1) is 0 Å². The number of nitrogens with zero attached hydrogens (tertiary/aromatic N) is 3. The number of fused-ring (bicyclic) bond motifs is 1. The van der Waals surface area contributed by atoms with Crippen molar-refractivity contribution >= 4 is 0 Å². The highest BCUT2D eigenvalue weighted by Gasteiger charge is 2.34. The molecule has 4 rings (SSSR count). The van der Waals surface area contributed by atoms with Crippen LogP contribution in [0.3, 0.4) is 0 Å². The molecule has 3 aromatic rings. The Morgan fingerprint density at radius 3 is 2.23 bits per heavy atom. The van der Waals surface area contributed by atoms with Crippen molar-refractivity contribution in [1.82, 2.24) is 14.5 Å². The molecule has 0 bridgehead atoms. The van der Waals surface area contributed by atoms with Gasteiger partial charge in [-0.25, -0.2) is 4.98 Å². The molecule has 164 valence electrons. The van der Waals surface area contributed by atoms with Crippen molar-refractivity contribution in [3.63, 3.8) is 0 Å². The molecular weight excluding hydrogens is 420 g/mol. The molecule has 31 heavy (non-hydrogen) atoms. The minimum Gasteiger partial charge on any atom is -0.330 e. The zero-order chi connectivity index (χ0) is 22.4. The minimum absolute atomic E-state index is 0.149. The summed E-state index contributed by atoms with van der Waals surface area (Å²) in [6.45, 7) is 1.10. The number of alkyl halides is 6. The first-order valence-corrected chi connectivity index (χ1v) is 9.63. The monoisotopic (exact) mass is 439 g/mol. The molecule has 1 aliphatic rings. The van der Waals surface area contributed by atoms with Gasteiger partial charge in [-0.3, -0.25) is 4.90 Å². The van der Waals surface area contributed by atoms with Gasteiger partial charge in [-0.15, -0.1) is 0 Å². The lowest BCUT2D eigenvalue weighted by Gasteiger charge is -2.28. The molecule has 0 unspecified atom stereocenters. The Balaban J connectivity index is 1.57. The molecule has 3 nitrogen and oxygen atoms in total. The van der Waals surface area contributed by atoms with Crippen molar-refractivity contribution in [2.75, 3.05) is 6.54 Å². The quantitative estimate of drug-likeness (QED) is 0.490. The van der Waals surface area contributed by atoms with Gasteiger partial charge < -0.3 is 4.57 Å². The Kier molecular flexibility index (Phi) is 5.33. The molecule has 0 atom stereocenters. The summed E-state index contributed by atoms with van der Waals surface area (Å²) in [4.78, 5) is 6.51. The lowest BCUT2D eigenvalue weighted by molar-refractivity contribution is -0.139. The summed E-state index contributed by atoms with van der Waals surface area (Å²) in [6, 6.07) is 10.3. The van der Waals surface area contributed by atoms with Crippen molar-refractivity contribution in [3.8, 4) is 11.4 Å². The second-order valence-corrected chi connectivity index (χ2v) is 7.58. The van der Waals surface area contributed by atoms with Gasteiger partial charge in [-0.05, 0) is 23.8 Å². The van der Waals surface area contributed by atoms with Gasteiger partial charge in [0.2, 0.25) is 0 Å². The summed E-state index contributed by atoms with van der Waals surface area (Å²) >= 11 is 0. The van der Waals surface area contributed by atoms with Crippen molar-refractivity contribution < 1.29 is 26.3 Å². The smallest absolute Gasteiger partial charge is 0.330 e. The maximum atomic E-state index is 13.3. The van der Waals surface area contributed by atoms with Gasteiger partial charge >= 0.3 is 12.4 Å². The van der Waals surface area contributed by atoms with E-state index in [1.807, 2.05) is 4.90 Å². The van der Waals surface area contributed by atoms with Gasteiger partial charge in [0.1, 0.15) is 5.82 Å². The predicted molar refractivity (Wildman–Crippen MR) is 103 cm³/mol. The highest BCUT2D eigenvalue weighted by atomic mass is 19.4. The van der Waals surface area contributed by atoms with Gasteiger partial charge in [0.25, 0.3) is 0 Å². The number of benzene rings is 2. The van der Waals surface area contributed by atoms with Gasteiger partial charge in [-0.1, -0.05) is 30.3 Å². The fourth-order valence-electron chi connectivity index (χ4n) is 3.92. The largest absolute Gasteiger partial charge is 0.416 e. The first-order chi connectivity index (χ1) is 14.5. The minimum atomic E-state index is -4.42. The lowest BCUT2D eigenvalue weighted by Crippen LogP contribution is -2.31. The number of imidazole rings is 1. The Morgan fingerprint density at radius 1 is 0.903 bits per heavy atom. The van der Waals surface area contributed by atoms with E-state index in [0.29, 0.717) is 30.9 Å². The molecule has 0 N–H and O–H groups in total. The lowest BCUT2D eigenvalue weighted by atomic mass is 10.0. The van der Waals surface area contributed by atoms with E-state index in [0.717, 1.165) is 29.6 Å². The van der Waals surface area contributed by atoms with Crippen LogP contribution in [-0.2, 0) is 38.9 Å². The van der Waals surface area contributed by atoms with E-state index in [4.69, 9.17) is 0 Å². The first-order valence-electron chi connectivity index (χ1n) is 9.63. The summed E-state index contributed by atoms with van der Waals surface area (Å²) < 4.78 is 80.1. The zero-order valence-corrected chi connectivity index (χ0v) is 16.6. The topological polar surface area (TPSA) is 21.1 Å². The van der Waals surface area contributed by atoms with Crippen molar-refractivity contribution in [2.24, 2.45) is 7.05 Å². The highest BCUT2D eigenvalue weighted by Crippen LogP contribution is 2.34. The normalized spacial score (nSPS) is 15.2. The average molecular weight is 439 g/mol. The molecule has 1 aromatic heterocycles. The Bertz CT molecular complexity index is 1080. The summed E-state index contributed by atoms with van der Waals surface area (Å²) in [5, 5.41) is 0. The van der Waals surface area contributed by atoms with Crippen LogP contribution in [0.25, 0.3) is 11.4 Å². The van der Waals surface area contributed by atoms with Crippen molar-refractivity contribution in [1.29, 1.82) is 0 Å². The van der Waals surface area contributed by atoms with Crippen molar-refractivity contribution in [3.05, 3.63) is 76.6 Å². The van der Waals surface area contributed by atoms with E-state index in [2.05, 4.69) is 4.98 Å². The van der Waals surface area contributed by atoms with E-state index in [1.54, 1.807) is 17.7 Å². The number of aromatic nitrogens is 2. The second kappa shape index (κ2) is 7.71. The predicted octanol–water partition coefficient (Wildman–Crippen LogP) is 5.68. The number of halogens is 6. The van der Waals surface area contributed by atoms with Gasteiger partial charge in [-0.2, -0.15) is 26.3 Å². The third kappa shape index (κ3) is 4.32. The van der Waals surface area contributed by atoms with E-state index >= 15 is 0 Å². The third-order valence-corrected chi connectivity index (χ3v) is 5.52. The van der Waals surface area contributed by atoms with Crippen molar-refractivity contribution in [2.45, 2.75) is 31.9 Å². The van der Waals surface area contributed by atoms with Crippen LogP contribution >= 0.6 is 0 Å². The summed E-state index contributed by atoms with van der Waals surface area (Å²) in [6.07, 6.45) is -8.27. The number of hydrogen-bond donors (Lipinski definition) is 0. The molecule has 0 fully saturated rings. The summed E-state index contributed by atoms with van der Waals surface area (Å²) in [5.41, 5.74) is 1.06. The van der Waals surface area contributed by atoms with Crippen LogP contribution in [0.4, 0.5) is 26.3 Å². The maximum absolute atomic E-state index is 13.3. The van der Waals surface area contributed by atoms with E-state index in [-0.39, 0.29) is 12.1 Å². The van der Waals surface area contributed by atoms with Crippen LogP contribution < -0.4 is 0 Å². The molecule has 9 heteroatoms. The third-order valence-electron chi connectivity index (χ3n) is 5.52. The Hall–Kier alpha value is -2.81. The molecule has 0 amide bonds. The summed E-state index contributed by atoms with van der Waals surface area (Å²) in [7, 11) is 1.77. The number of hydrogen-bond acceptors (Lipinski definition) is 2. The summed E-state index contributed by atoms with van der Waals surface area (Å²) in [5.74, 6) is 0.538. The van der Waals surface area contributed by atoms with E-state index < -0.39 is 23.5 Å². The molecule has 2 aromatic carbocycles. The fraction of sp³-hybridized carbons (Fsp3) is 0.318. The molecule has 0 spiro atoms. The molecule has 2 heterocycles. The van der Waals surface area contributed by atoms with Gasteiger partial charge in [0.05, 0.1) is 22.5 Å². The highest BCUT2D eigenvalue weighted by molar-refractivity contribution is 5.58. The van der Waals surface area contributed by atoms with Crippen LogP contribution in [0.1, 0.15) is 28.1 Å². The maximum Gasteiger partial charge on any atom is 0.416 e. The van der Waals surface area contributed by atoms with Crippen LogP contribution in [0.5, 0.6) is 0 Å². The molecule has 1 aliphatic heterocycles. The van der Waals surface area contributed by atoms with Crippen LogP contribution in [0.15, 0.2) is 48.5 Å². The fourth-order valence-corrected chi connectivity index (χ4v) is 3.92. The van der Waals surface area contributed by atoms with E-state index in [9.17, 15) is 26.3 Å². The molecule has 0 saturated heterocycles. The second-order valence-electron chi connectivity index (χ2n) is 7.58. The molecule has 0 aliphatic carbocycles. The van der Waals surface area contributed by atoms with Gasteiger partial charge in [0.15, 0.2) is 0 Å². The standard InChI is InChI=1S/C22H19F6N3/c1-30-19-13-31(12-15-4-2-3-5-17(15)22(26,27)28)11-10-18(19)29-20(30)14-6-8-16(9-7-14)21(23,24)25/h2-9H,10-13H2,1H3.